The summed E-state index contributed by atoms with van der Waals surface area (Å²) in [4.78, 5) is 9.88. The van der Waals surface area contributed by atoms with E-state index in [1.54, 1.807) is 6.08 Å². The third-order valence-electron chi connectivity index (χ3n) is 1.09. The molecule has 0 saturated heterocycles. The number of carbonyl (C=O) groups excluding carboxylic acids is 1. The average Bonchev–Trinajstić information content (AvgIpc) is 2.03. The molecule has 0 aliphatic heterocycles. The number of allylic oxidation sites excluding steroid dienone is 1. The SMILES string of the molecule is O=C/C=C/c1[c]cccc1. The van der Waals surface area contributed by atoms with Crippen molar-refractivity contribution in [2.45, 2.75) is 0 Å². The van der Waals surface area contributed by atoms with E-state index in [9.17, 15) is 4.79 Å². The van der Waals surface area contributed by atoms with Gasteiger partial charge in [-0.05, 0) is 17.7 Å². The van der Waals surface area contributed by atoms with Crippen molar-refractivity contribution in [2.75, 3.05) is 0 Å². The summed E-state index contributed by atoms with van der Waals surface area (Å²) in [5.41, 5.74) is 0.926. The van der Waals surface area contributed by atoms with Gasteiger partial charge in [-0.15, -0.1) is 0 Å². The molecule has 0 bridgehead atoms. The normalized spacial score (nSPS) is 10.0. The van der Waals surface area contributed by atoms with Crippen molar-refractivity contribution in [2.24, 2.45) is 0 Å². The fourth-order valence-corrected chi connectivity index (χ4v) is 0.654. The largest absolute Gasteiger partial charge is 0.299 e. The zero-order valence-electron chi connectivity index (χ0n) is 5.45. The van der Waals surface area contributed by atoms with Crippen LogP contribution < -0.4 is 0 Å². The van der Waals surface area contributed by atoms with Crippen LogP contribution in [0.25, 0.3) is 6.08 Å². The van der Waals surface area contributed by atoms with E-state index in [4.69, 9.17) is 0 Å². The quantitative estimate of drug-likeness (QED) is 0.441. The maximum atomic E-state index is 9.88. The molecule has 0 aliphatic carbocycles. The van der Waals surface area contributed by atoms with Crippen molar-refractivity contribution in [3.63, 3.8) is 0 Å². The fraction of sp³-hybridized carbons (Fsp3) is 0. The molecule has 0 fully saturated rings. The summed E-state index contributed by atoms with van der Waals surface area (Å²) in [5, 5.41) is 0. The number of benzene rings is 1. The molecular weight excluding hydrogens is 124 g/mol. The summed E-state index contributed by atoms with van der Waals surface area (Å²) in [6.45, 7) is 0. The summed E-state index contributed by atoms with van der Waals surface area (Å²) in [5.74, 6) is 0. The minimum atomic E-state index is 0.751. The molecule has 1 nitrogen and oxygen atoms in total. The Bertz CT molecular complexity index is 224. The van der Waals surface area contributed by atoms with Gasteiger partial charge in [0.2, 0.25) is 0 Å². The van der Waals surface area contributed by atoms with Gasteiger partial charge in [-0.1, -0.05) is 30.3 Å². The highest BCUT2D eigenvalue weighted by atomic mass is 16.1. The first-order valence-corrected chi connectivity index (χ1v) is 3.02. The molecule has 0 N–H and O–H groups in total. The molecule has 0 heterocycles. The van der Waals surface area contributed by atoms with Crippen molar-refractivity contribution in [1.29, 1.82) is 0 Å². The van der Waals surface area contributed by atoms with Crippen molar-refractivity contribution >= 4 is 12.4 Å². The van der Waals surface area contributed by atoms with Crippen LogP contribution in [0, 0.1) is 6.07 Å². The molecule has 0 unspecified atom stereocenters. The first kappa shape index (κ1) is 6.75. The Morgan fingerprint density at radius 1 is 1.40 bits per heavy atom. The number of hydrogen-bond donors (Lipinski definition) is 0. The average molecular weight is 131 g/mol. The zero-order valence-corrected chi connectivity index (χ0v) is 5.45. The molecule has 0 atom stereocenters. The standard InChI is InChI=1S/C9H7O/c10-8-4-7-9-5-2-1-3-6-9/h1-5,7-8H/b7-4+. The predicted octanol–water partition coefficient (Wildman–Crippen LogP) is 1.70. The van der Waals surface area contributed by atoms with Crippen LogP contribution in [0.4, 0.5) is 0 Å². The Kier molecular flexibility index (Phi) is 2.44. The van der Waals surface area contributed by atoms with Gasteiger partial charge in [0.1, 0.15) is 6.29 Å². The monoisotopic (exact) mass is 131 g/mol. The van der Waals surface area contributed by atoms with Crippen molar-refractivity contribution in [3.05, 3.63) is 42.0 Å². The van der Waals surface area contributed by atoms with Gasteiger partial charge in [0.05, 0.1) is 0 Å². The summed E-state index contributed by atoms with van der Waals surface area (Å²) in [6, 6.07) is 10.4. The maximum Gasteiger partial charge on any atom is 0.142 e. The highest BCUT2D eigenvalue weighted by Gasteiger charge is 1.79. The molecular formula is C9H7O. The zero-order chi connectivity index (χ0) is 7.23. The molecule has 1 aromatic rings. The Labute approximate surface area is 60.0 Å². The van der Waals surface area contributed by atoms with Crippen LogP contribution in [-0.2, 0) is 4.79 Å². The Balaban J connectivity index is 2.76. The lowest BCUT2D eigenvalue weighted by Gasteiger charge is -1.85. The molecule has 0 amide bonds. The minimum absolute atomic E-state index is 0.751. The molecule has 0 spiro atoms. The Hall–Kier alpha value is -1.37. The lowest BCUT2D eigenvalue weighted by Crippen LogP contribution is -1.68. The van der Waals surface area contributed by atoms with Gasteiger partial charge >= 0.3 is 0 Å². The van der Waals surface area contributed by atoms with Gasteiger partial charge < -0.3 is 0 Å². The van der Waals surface area contributed by atoms with E-state index in [0.29, 0.717) is 0 Å². The van der Waals surface area contributed by atoms with Crippen molar-refractivity contribution in [3.8, 4) is 0 Å². The second kappa shape index (κ2) is 3.62. The van der Waals surface area contributed by atoms with Crippen LogP contribution in [-0.4, -0.2) is 6.29 Å². The molecule has 0 saturated carbocycles. The number of carbonyl (C=O) groups is 1. The van der Waals surface area contributed by atoms with Crippen LogP contribution in [0.15, 0.2) is 30.3 Å². The summed E-state index contributed by atoms with van der Waals surface area (Å²) in [7, 11) is 0. The first-order valence-electron chi connectivity index (χ1n) is 3.02. The van der Waals surface area contributed by atoms with E-state index in [0.717, 1.165) is 11.8 Å². The second-order valence-corrected chi connectivity index (χ2v) is 1.81. The maximum absolute atomic E-state index is 9.88. The predicted molar refractivity (Wildman–Crippen MR) is 40.4 cm³/mol. The number of aldehydes is 1. The van der Waals surface area contributed by atoms with Crippen LogP contribution >= 0.6 is 0 Å². The fourth-order valence-electron chi connectivity index (χ4n) is 0.654. The molecule has 10 heavy (non-hydrogen) atoms. The van der Waals surface area contributed by atoms with E-state index < -0.39 is 0 Å². The van der Waals surface area contributed by atoms with E-state index >= 15 is 0 Å². The highest BCUT2D eigenvalue weighted by Crippen LogP contribution is 1.98. The Morgan fingerprint density at radius 3 is 2.90 bits per heavy atom. The molecule has 1 rings (SSSR count). The van der Waals surface area contributed by atoms with Crippen LogP contribution in [0.1, 0.15) is 5.56 Å². The minimum Gasteiger partial charge on any atom is -0.299 e. The molecule has 0 aliphatic rings. The van der Waals surface area contributed by atoms with Gasteiger partial charge in [0.15, 0.2) is 0 Å². The van der Waals surface area contributed by atoms with E-state index in [-0.39, 0.29) is 0 Å². The molecule has 49 valence electrons. The highest BCUT2D eigenvalue weighted by molar-refractivity contribution is 5.73. The van der Waals surface area contributed by atoms with Crippen LogP contribution in [0.2, 0.25) is 0 Å². The second-order valence-electron chi connectivity index (χ2n) is 1.81. The molecule has 1 aromatic carbocycles. The van der Waals surface area contributed by atoms with E-state index in [1.165, 1.54) is 6.08 Å². The smallest absolute Gasteiger partial charge is 0.142 e. The molecule has 1 heteroatoms. The summed E-state index contributed by atoms with van der Waals surface area (Å²) in [6.07, 6.45) is 3.92. The van der Waals surface area contributed by atoms with Crippen LogP contribution in [0.3, 0.4) is 0 Å². The molecule has 1 radical (unpaired) electrons. The summed E-state index contributed by atoms with van der Waals surface area (Å²) < 4.78 is 0. The van der Waals surface area contributed by atoms with E-state index in [1.807, 2.05) is 24.3 Å². The molecule has 0 aromatic heterocycles. The van der Waals surface area contributed by atoms with Gasteiger partial charge in [0, 0.05) is 0 Å². The van der Waals surface area contributed by atoms with Gasteiger partial charge in [-0.2, -0.15) is 0 Å². The third kappa shape index (κ3) is 1.86. The number of rotatable bonds is 2. The van der Waals surface area contributed by atoms with Gasteiger partial charge in [-0.25, -0.2) is 0 Å². The lowest BCUT2D eigenvalue weighted by molar-refractivity contribution is -0.104. The topological polar surface area (TPSA) is 17.1 Å². The van der Waals surface area contributed by atoms with Gasteiger partial charge in [0.25, 0.3) is 0 Å². The first-order chi connectivity index (χ1) is 4.93. The lowest BCUT2D eigenvalue weighted by atomic mass is 10.2. The van der Waals surface area contributed by atoms with Crippen molar-refractivity contribution < 1.29 is 4.79 Å². The summed E-state index contributed by atoms with van der Waals surface area (Å²) >= 11 is 0. The van der Waals surface area contributed by atoms with Gasteiger partial charge in [-0.3, -0.25) is 4.79 Å². The van der Waals surface area contributed by atoms with E-state index in [2.05, 4.69) is 6.07 Å². The van der Waals surface area contributed by atoms with Crippen molar-refractivity contribution in [1.82, 2.24) is 0 Å². The Morgan fingerprint density at radius 2 is 2.30 bits per heavy atom. The number of hydrogen-bond acceptors (Lipinski definition) is 1. The third-order valence-corrected chi connectivity index (χ3v) is 1.09. The van der Waals surface area contributed by atoms with Crippen LogP contribution in [0.5, 0.6) is 0 Å².